The topological polar surface area (TPSA) is 84.9 Å². The Kier molecular flexibility index (Phi) is 9.31. The number of hydrogen-bond donors (Lipinski definition) is 2. The third kappa shape index (κ3) is 6.73. The lowest BCUT2D eigenvalue weighted by Gasteiger charge is -2.32. The molecule has 3 rings (SSSR count). The number of phenols is 1. The van der Waals surface area contributed by atoms with Gasteiger partial charge in [-0.25, -0.2) is 0 Å². The fourth-order valence-electron chi connectivity index (χ4n) is 4.52. The number of fused-ring (bicyclic) bond motifs is 1. The summed E-state index contributed by atoms with van der Waals surface area (Å²) in [4.78, 5) is 25.2. The molecule has 39 heavy (non-hydrogen) atoms. The van der Waals surface area contributed by atoms with Crippen LogP contribution in [0.3, 0.4) is 0 Å². The molecule has 0 aliphatic carbocycles. The van der Waals surface area contributed by atoms with Gasteiger partial charge in [0.15, 0.2) is 6.23 Å². The van der Waals surface area contributed by atoms with Crippen LogP contribution in [-0.4, -0.2) is 23.2 Å². The average Bonchev–Trinajstić information content (AvgIpc) is 2.90. The van der Waals surface area contributed by atoms with Crippen molar-refractivity contribution in [3.05, 3.63) is 65.2 Å². The lowest BCUT2D eigenvalue weighted by Crippen LogP contribution is -2.39. The van der Waals surface area contributed by atoms with E-state index < -0.39 is 18.1 Å². The molecular formula is C33H43NO5. The highest BCUT2D eigenvalue weighted by atomic mass is 16.5. The van der Waals surface area contributed by atoms with Crippen LogP contribution in [0.4, 0.5) is 0 Å². The second-order valence-corrected chi connectivity index (χ2v) is 11.5. The van der Waals surface area contributed by atoms with E-state index in [2.05, 4.69) is 59.0 Å². The number of amides is 1. The van der Waals surface area contributed by atoms with Crippen LogP contribution in [0.2, 0.25) is 0 Å². The summed E-state index contributed by atoms with van der Waals surface area (Å²) in [5.74, 6) is -0.238. The molecule has 6 heteroatoms. The number of phenolic OH excluding ortho intramolecular Hbond substituents is 1. The van der Waals surface area contributed by atoms with Crippen molar-refractivity contribution in [2.75, 3.05) is 0 Å². The van der Waals surface area contributed by atoms with Gasteiger partial charge in [0.25, 0.3) is 5.91 Å². The molecule has 0 heterocycles. The molecule has 6 nitrogen and oxygen atoms in total. The van der Waals surface area contributed by atoms with Crippen molar-refractivity contribution in [3.63, 3.8) is 0 Å². The summed E-state index contributed by atoms with van der Waals surface area (Å²) in [5.41, 5.74) is 2.27. The number of nitrogens with one attached hydrogen (secondary N) is 1. The first-order valence-electron chi connectivity index (χ1n) is 13.9. The molecule has 0 fully saturated rings. The van der Waals surface area contributed by atoms with Crippen LogP contribution in [0.5, 0.6) is 17.2 Å². The van der Waals surface area contributed by atoms with Gasteiger partial charge in [-0.1, -0.05) is 91.3 Å². The molecule has 0 bridgehead atoms. The van der Waals surface area contributed by atoms with E-state index >= 15 is 0 Å². The Morgan fingerprint density at radius 3 is 2.13 bits per heavy atom. The van der Waals surface area contributed by atoms with Crippen LogP contribution in [0.1, 0.15) is 103 Å². The van der Waals surface area contributed by atoms with E-state index in [4.69, 9.17) is 9.47 Å². The quantitative estimate of drug-likeness (QED) is 0.149. The molecule has 0 spiro atoms. The normalized spacial score (nSPS) is 12.7. The van der Waals surface area contributed by atoms with E-state index in [1.807, 2.05) is 13.0 Å². The van der Waals surface area contributed by atoms with E-state index in [1.54, 1.807) is 24.3 Å². The largest absolute Gasteiger partial charge is 0.506 e. The zero-order valence-corrected chi connectivity index (χ0v) is 24.6. The minimum atomic E-state index is -0.623. The van der Waals surface area contributed by atoms with Gasteiger partial charge >= 0.3 is 5.97 Å². The van der Waals surface area contributed by atoms with Crippen LogP contribution >= 0.6 is 0 Å². The molecule has 2 N–H and O–H groups in total. The minimum absolute atomic E-state index is 0.0174. The van der Waals surface area contributed by atoms with Crippen molar-refractivity contribution >= 4 is 22.6 Å². The highest BCUT2D eigenvalue weighted by Crippen LogP contribution is 2.39. The van der Waals surface area contributed by atoms with Gasteiger partial charge in [0, 0.05) is 29.7 Å². The van der Waals surface area contributed by atoms with Gasteiger partial charge in [0.2, 0.25) is 0 Å². The number of aromatic hydroxyl groups is 1. The molecule has 1 amide bonds. The summed E-state index contributed by atoms with van der Waals surface area (Å²) in [6.45, 7) is 16.6. The summed E-state index contributed by atoms with van der Waals surface area (Å²) in [6, 6.07) is 14.7. The van der Waals surface area contributed by atoms with E-state index in [-0.39, 0.29) is 27.9 Å². The SMILES string of the molecule is CCCC(NC(=O)c1cc(OC(C)=O)c2ccccc2c1O)Oc1ccc(C(C)(C)CC)cc1C(C)(C)CC. The van der Waals surface area contributed by atoms with Gasteiger partial charge < -0.3 is 19.9 Å². The van der Waals surface area contributed by atoms with Gasteiger partial charge in [-0.15, -0.1) is 0 Å². The Labute approximate surface area is 232 Å². The maximum absolute atomic E-state index is 13.5. The fraction of sp³-hybridized carbons (Fsp3) is 0.455. The molecule has 0 saturated heterocycles. The second-order valence-electron chi connectivity index (χ2n) is 11.5. The summed E-state index contributed by atoms with van der Waals surface area (Å²) < 4.78 is 11.9. The number of esters is 1. The summed E-state index contributed by atoms with van der Waals surface area (Å²) in [6.07, 6.45) is 2.67. The first kappa shape index (κ1) is 30.0. The highest BCUT2D eigenvalue weighted by molar-refractivity contribution is 6.06. The Bertz CT molecular complexity index is 1340. The van der Waals surface area contributed by atoms with Gasteiger partial charge in [-0.05, 0) is 41.4 Å². The Morgan fingerprint density at radius 2 is 1.54 bits per heavy atom. The van der Waals surface area contributed by atoms with Crippen LogP contribution in [-0.2, 0) is 15.6 Å². The van der Waals surface area contributed by atoms with Crippen LogP contribution in [0.15, 0.2) is 48.5 Å². The zero-order valence-electron chi connectivity index (χ0n) is 24.6. The van der Waals surface area contributed by atoms with Gasteiger partial charge in [-0.3, -0.25) is 9.59 Å². The van der Waals surface area contributed by atoms with E-state index in [0.717, 1.165) is 30.6 Å². The molecule has 1 atom stereocenters. The maximum atomic E-state index is 13.5. The number of ether oxygens (including phenoxy) is 2. The zero-order chi connectivity index (χ0) is 29.0. The summed E-state index contributed by atoms with van der Waals surface area (Å²) >= 11 is 0. The molecule has 0 aliphatic rings. The molecule has 3 aromatic carbocycles. The number of hydrogen-bond acceptors (Lipinski definition) is 5. The van der Waals surface area contributed by atoms with Gasteiger partial charge in [0.1, 0.15) is 17.2 Å². The van der Waals surface area contributed by atoms with Crippen LogP contribution < -0.4 is 14.8 Å². The van der Waals surface area contributed by atoms with Gasteiger partial charge in [0.05, 0.1) is 5.56 Å². The Hall–Kier alpha value is -3.54. The molecule has 0 aliphatic heterocycles. The summed E-state index contributed by atoms with van der Waals surface area (Å²) in [5, 5.41) is 14.9. The predicted molar refractivity (Wildman–Crippen MR) is 157 cm³/mol. The number of carbonyl (C=O) groups excluding carboxylic acids is 2. The number of rotatable bonds is 11. The fourth-order valence-corrected chi connectivity index (χ4v) is 4.52. The molecule has 0 radical (unpaired) electrons. The first-order chi connectivity index (χ1) is 18.3. The van der Waals surface area contributed by atoms with Gasteiger partial charge in [-0.2, -0.15) is 0 Å². The molecule has 0 saturated carbocycles. The predicted octanol–water partition coefficient (Wildman–Crippen LogP) is 7.78. The lowest BCUT2D eigenvalue weighted by molar-refractivity contribution is -0.131. The monoisotopic (exact) mass is 533 g/mol. The lowest BCUT2D eigenvalue weighted by atomic mass is 9.76. The third-order valence-electron chi connectivity index (χ3n) is 7.85. The maximum Gasteiger partial charge on any atom is 0.308 e. The van der Waals surface area contributed by atoms with Crippen LogP contribution in [0.25, 0.3) is 10.8 Å². The molecule has 1 unspecified atom stereocenters. The average molecular weight is 534 g/mol. The van der Waals surface area contributed by atoms with E-state index in [0.29, 0.717) is 17.2 Å². The smallest absolute Gasteiger partial charge is 0.308 e. The van der Waals surface area contributed by atoms with E-state index in [1.165, 1.54) is 18.6 Å². The molecule has 210 valence electrons. The third-order valence-corrected chi connectivity index (χ3v) is 7.85. The van der Waals surface area contributed by atoms with Crippen molar-refractivity contribution in [1.82, 2.24) is 5.32 Å². The molecule has 0 aromatic heterocycles. The Morgan fingerprint density at radius 1 is 0.897 bits per heavy atom. The van der Waals surface area contributed by atoms with Crippen molar-refractivity contribution < 1.29 is 24.2 Å². The number of carbonyl (C=O) groups is 2. The van der Waals surface area contributed by atoms with Crippen molar-refractivity contribution in [2.45, 2.75) is 98.1 Å². The van der Waals surface area contributed by atoms with Crippen molar-refractivity contribution in [3.8, 4) is 17.2 Å². The summed E-state index contributed by atoms with van der Waals surface area (Å²) in [7, 11) is 0. The second kappa shape index (κ2) is 12.1. The van der Waals surface area contributed by atoms with Crippen LogP contribution in [0, 0.1) is 0 Å². The molecule has 3 aromatic rings. The van der Waals surface area contributed by atoms with Crippen molar-refractivity contribution in [1.29, 1.82) is 0 Å². The first-order valence-corrected chi connectivity index (χ1v) is 13.9. The number of benzene rings is 3. The highest BCUT2D eigenvalue weighted by Gasteiger charge is 2.28. The van der Waals surface area contributed by atoms with Crippen molar-refractivity contribution in [2.24, 2.45) is 0 Å². The van der Waals surface area contributed by atoms with E-state index in [9.17, 15) is 14.7 Å². The Balaban J connectivity index is 2.00. The minimum Gasteiger partial charge on any atom is -0.506 e. The molecular weight excluding hydrogens is 490 g/mol. The standard InChI is InChI=1S/C33H43NO5/c1-9-14-29(39-27-18-17-22(32(5,6)10-2)19-26(27)33(7,8)11-3)34-31(37)25-20-28(38-21(4)35)23-15-12-13-16-24(23)30(25)36/h12-13,15-20,29,36H,9-11,14H2,1-8H3,(H,34,37).